The third-order valence-corrected chi connectivity index (χ3v) is 2.94. The molecule has 1 aliphatic carbocycles. The quantitative estimate of drug-likeness (QED) is 0.699. The first-order chi connectivity index (χ1) is 8.58. The fourth-order valence-corrected chi connectivity index (χ4v) is 1.53. The maximum Gasteiger partial charge on any atom is 0.407 e. The third-order valence-electron chi connectivity index (χ3n) is 2.94. The monoisotopic (exact) mass is 251 g/mol. The molecule has 102 valence electrons. The van der Waals surface area contributed by atoms with Gasteiger partial charge in [-0.15, -0.1) is 0 Å². The number of carbonyl (C=O) groups excluding carboxylic acids is 1. The van der Waals surface area contributed by atoms with Crippen molar-refractivity contribution in [3.8, 4) is 0 Å². The van der Waals surface area contributed by atoms with Gasteiger partial charge in [-0.2, -0.15) is 0 Å². The maximum atomic E-state index is 11.3. The maximum absolute atomic E-state index is 11.3. The summed E-state index contributed by atoms with van der Waals surface area (Å²) in [4.78, 5) is 11.3. The van der Waals surface area contributed by atoms with E-state index in [0.29, 0.717) is 19.1 Å². The highest BCUT2D eigenvalue weighted by molar-refractivity contribution is 5.67. The van der Waals surface area contributed by atoms with E-state index < -0.39 is 0 Å². The molecule has 1 aliphatic rings. The highest BCUT2D eigenvalue weighted by Crippen LogP contribution is 2.28. The molecule has 0 radical (unpaired) electrons. The van der Waals surface area contributed by atoms with Crippen LogP contribution >= 0.6 is 0 Å². The van der Waals surface area contributed by atoms with E-state index in [4.69, 9.17) is 4.74 Å². The van der Waals surface area contributed by atoms with Gasteiger partial charge in [-0.1, -0.05) is 23.3 Å². The molecule has 0 aliphatic heterocycles. The van der Waals surface area contributed by atoms with E-state index in [2.05, 4.69) is 38.2 Å². The van der Waals surface area contributed by atoms with Crippen LogP contribution in [0.15, 0.2) is 23.3 Å². The van der Waals surface area contributed by atoms with Crippen molar-refractivity contribution in [1.29, 1.82) is 0 Å². The van der Waals surface area contributed by atoms with Crippen molar-refractivity contribution in [1.82, 2.24) is 5.32 Å². The van der Waals surface area contributed by atoms with Gasteiger partial charge in [0.25, 0.3) is 0 Å². The highest BCUT2D eigenvalue weighted by Gasteiger charge is 2.22. The largest absolute Gasteiger partial charge is 0.449 e. The smallest absolute Gasteiger partial charge is 0.407 e. The predicted molar refractivity (Wildman–Crippen MR) is 74.5 cm³/mol. The Labute approximate surface area is 110 Å². The zero-order valence-corrected chi connectivity index (χ0v) is 11.8. The second-order valence-electron chi connectivity index (χ2n) is 5.29. The summed E-state index contributed by atoms with van der Waals surface area (Å²) in [6.45, 7) is 7.45. The number of hydrogen-bond acceptors (Lipinski definition) is 2. The molecule has 0 bridgehead atoms. The van der Waals surface area contributed by atoms with Gasteiger partial charge in [-0.3, -0.25) is 0 Å². The minimum Gasteiger partial charge on any atom is -0.449 e. The Hall–Kier alpha value is -1.25. The zero-order chi connectivity index (χ0) is 13.4. The summed E-state index contributed by atoms with van der Waals surface area (Å²) in [5, 5.41) is 2.74. The van der Waals surface area contributed by atoms with Crippen molar-refractivity contribution in [2.75, 3.05) is 13.2 Å². The summed E-state index contributed by atoms with van der Waals surface area (Å²) in [7, 11) is 0. The van der Waals surface area contributed by atoms with Crippen molar-refractivity contribution in [2.24, 2.45) is 5.92 Å². The number of nitrogens with one attached hydrogen (secondary N) is 1. The second-order valence-corrected chi connectivity index (χ2v) is 5.29. The Bertz CT molecular complexity index is 323. The lowest BCUT2D eigenvalue weighted by atomic mass is 10.1. The first-order valence-corrected chi connectivity index (χ1v) is 6.77. The van der Waals surface area contributed by atoms with Crippen LogP contribution in [0.5, 0.6) is 0 Å². The summed E-state index contributed by atoms with van der Waals surface area (Å²) in [6, 6.07) is 0. The van der Waals surface area contributed by atoms with Crippen molar-refractivity contribution < 1.29 is 9.53 Å². The number of hydrogen-bond donors (Lipinski definition) is 1. The molecule has 0 spiro atoms. The number of ether oxygens (including phenoxy) is 1. The van der Waals surface area contributed by atoms with Crippen LogP contribution in [0, 0.1) is 5.92 Å². The highest BCUT2D eigenvalue weighted by atomic mass is 16.5. The fraction of sp³-hybridized carbons (Fsp3) is 0.667. The van der Waals surface area contributed by atoms with Crippen LogP contribution in [0.4, 0.5) is 4.79 Å². The zero-order valence-electron chi connectivity index (χ0n) is 11.8. The van der Waals surface area contributed by atoms with E-state index in [0.717, 1.165) is 12.8 Å². The van der Waals surface area contributed by atoms with Gasteiger partial charge in [0, 0.05) is 6.54 Å². The molecule has 3 nitrogen and oxygen atoms in total. The summed E-state index contributed by atoms with van der Waals surface area (Å²) in [5.74, 6) is 0.622. The van der Waals surface area contributed by atoms with E-state index in [9.17, 15) is 4.79 Å². The lowest BCUT2D eigenvalue weighted by Crippen LogP contribution is -2.25. The molecular weight excluding hydrogens is 226 g/mol. The molecule has 0 saturated heterocycles. The average Bonchev–Trinajstić information content (AvgIpc) is 3.09. The minimum absolute atomic E-state index is 0.296. The van der Waals surface area contributed by atoms with Gasteiger partial charge in [-0.25, -0.2) is 4.79 Å². The molecule has 18 heavy (non-hydrogen) atoms. The molecular formula is C15H25NO2. The Balaban J connectivity index is 2.06. The van der Waals surface area contributed by atoms with Crippen LogP contribution in [0.3, 0.4) is 0 Å². The van der Waals surface area contributed by atoms with Crippen molar-refractivity contribution in [3.63, 3.8) is 0 Å². The fourth-order valence-electron chi connectivity index (χ4n) is 1.53. The Morgan fingerprint density at radius 2 is 2.00 bits per heavy atom. The summed E-state index contributed by atoms with van der Waals surface area (Å²) in [6.07, 6.45) is 8.51. The second kappa shape index (κ2) is 7.96. The average molecular weight is 251 g/mol. The van der Waals surface area contributed by atoms with Gasteiger partial charge in [0.1, 0.15) is 0 Å². The van der Waals surface area contributed by atoms with Gasteiger partial charge in [0.05, 0.1) is 6.61 Å². The molecule has 1 saturated carbocycles. The van der Waals surface area contributed by atoms with Crippen LogP contribution in [-0.4, -0.2) is 19.2 Å². The topological polar surface area (TPSA) is 38.3 Å². The molecule has 0 heterocycles. The van der Waals surface area contributed by atoms with Crippen molar-refractivity contribution in [3.05, 3.63) is 23.3 Å². The third kappa shape index (κ3) is 7.93. The minimum atomic E-state index is -0.296. The predicted octanol–water partition coefficient (Wildman–Crippen LogP) is 3.82. The molecule has 0 aromatic carbocycles. The normalized spacial score (nSPS) is 15.2. The van der Waals surface area contributed by atoms with Crippen LogP contribution in [0.25, 0.3) is 0 Å². The first-order valence-electron chi connectivity index (χ1n) is 6.77. The van der Waals surface area contributed by atoms with Gasteiger partial charge >= 0.3 is 6.09 Å². The lowest BCUT2D eigenvalue weighted by molar-refractivity contribution is 0.142. The number of rotatable bonds is 7. The van der Waals surface area contributed by atoms with Crippen molar-refractivity contribution >= 4 is 6.09 Å². The SMILES string of the molecule is CC(C)=CCC/C(C)=C/CNC(=O)OCC1CC1. The van der Waals surface area contributed by atoms with Crippen LogP contribution in [0.1, 0.15) is 46.5 Å². The van der Waals surface area contributed by atoms with E-state index in [1.807, 2.05) is 0 Å². The van der Waals surface area contributed by atoms with Gasteiger partial charge < -0.3 is 10.1 Å². The number of allylic oxidation sites excluding steroid dienone is 3. The van der Waals surface area contributed by atoms with Gasteiger partial charge in [-0.05, 0) is 52.4 Å². The standard InChI is InChI=1S/C15H25NO2/c1-12(2)5-4-6-13(3)9-10-16-15(17)18-11-14-7-8-14/h5,9,14H,4,6-8,10-11H2,1-3H3,(H,16,17)/b13-9+. The van der Waals surface area contributed by atoms with Gasteiger partial charge in [0.15, 0.2) is 0 Å². The number of amides is 1. The number of alkyl carbamates (subject to hydrolysis) is 1. The van der Waals surface area contributed by atoms with E-state index >= 15 is 0 Å². The molecule has 1 fully saturated rings. The molecule has 3 heteroatoms. The van der Waals surface area contributed by atoms with Crippen LogP contribution in [0.2, 0.25) is 0 Å². The first kappa shape index (κ1) is 14.8. The number of carbonyl (C=O) groups is 1. The summed E-state index contributed by atoms with van der Waals surface area (Å²) < 4.78 is 5.07. The molecule has 1 N–H and O–H groups in total. The molecule has 1 rings (SSSR count). The lowest BCUT2D eigenvalue weighted by Gasteiger charge is -2.05. The van der Waals surface area contributed by atoms with Gasteiger partial charge in [0.2, 0.25) is 0 Å². The van der Waals surface area contributed by atoms with E-state index in [1.165, 1.54) is 24.0 Å². The van der Waals surface area contributed by atoms with Crippen LogP contribution in [-0.2, 0) is 4.74 Å². The molecule has 0 unspecified atom stereocenters. The Morgan fingerprint density at radius 1 is 1.28 bits per heavy atom. The summed E-state index contributed by atoms with van der Waals surface area (Å²) >= 11 is 0. The van der Waals surface area contributed by atoms with Crippen LogP contribution < -0.4 is 5.32 Å². The molecule has 0 aromatic rings. The molecule has 1 amide bonds. The molecule has 0 aromatic heterocycles. The summed E-state index contributed by atoms with van der Waals surface area (Å²) in [5.41, 5.74) is 2.65. The Kier molecular flexibility index (Phi) is 6.55. The van der Waals surface area contributed by atoms with E-state index in [1.54, 1.807) is 0 Å². The van der Waals surface area contributed by atoms with Crippen molar-refractivity contribution in [2.45, 2.75) is 46.5 Å². The van der Waals surface area contributed by atoms with E-state index in [-0.39, 0.29) is 6.09 Å². The Morgan fingerprint density at radius 3 is 2.61 bits per heavy atom. The molecule has 0 atom stereocenters.